The maximum absolute atomic E-state index is 12.1. The van der Waals surface area contributed by atoms with Gasteiger partial charge in [-0.3, -0.25) is 9.59 Å². The van der Waals surface area contributed by atoms with Crippen molar-refractivity contribution in [3.05, 3.63) is 0 Å². The average molecular weight is 413 g/mol. The molecule has 1 atom stereocenters. The molecule has 4 nitrogen and oxygen atoms in total. The molecule has 0 rings (SSSR count). The second kappa shape index (κ2) is 17.8. The monoisotopic (exact) mass is 412 g/mol. The number of carbonyl (C=O) groups is 2. The molecule has 0 aromatic rings. The molecule has 4 heteroatoms. The second-order valence-electron chi connectivity index (χ2n) is 9.22. The molecule has 0 bridgehead atoms. The van der Waals surface area contributed by atoms with Crippen molar-refractivity contribution in [1.82, 2.24) is 0 Å². The van der Waals surface area contributed by atoms with Gasteiger partial charge in [0.2, 0.25) is 0 Å². The molecule has 0 radical (unpaired) electrons. The Bertz CT molecular complexity index is 411. The van der Waals surface area contributed by atoms with Crippen molar-refractivity contribution in [2.45, 2.75) is 136 Å². The van der Waals surface area contributed by atoms with E-state index < -0.39 is 17.4 Å². The summed E-state index contributed by atoms with van der Waals surface area (Å²) in [5, 5.41) is 18.6. The Labute approximate surface area is 179 Å². The first-order valence-electron chi connectivity index (χ1n) is 12.3. The van der Waals surface area contributed by atoms with E-state index in [1.54, 1.807) is 0 Å². The molecule has 0 aliphatic heterocycles. The summed E-state index contributed by atoms with van der Waals surface area (Å²) in [6.07, 6.45) is 18.5. The number of rotatable bonds is 21. The van der Waals surface area contributed by atoms with Gasteiger partial charge in [0.1, 0.15) is 0 Å². The van der Waals surface area contributed by atoms with E-state index in [2.05, 4.69) is 20.8 Å². The average Bonchev–Trinajstić information content (AvgIpc) is 2.67. The fourth-order valence-electron chi connectivity index (χ4n) is 4.44. The van der Waals surface area contributed by atoms with E-state index in [0.29, 0.717) is 12.3 Å². The molecule has 0 saturated heterocycles. The molecule has 0 aromatic carbocycles. The van der Waals surface area contributed by atoms with Gasteiger partial charge in [0, 0.05) is 6.42 Å². The lowest BCUT2D eigenvalue weighted by Crippen LogP contribution is -2.33. The van der Waals surface area contributed by atoms with Crippen LogP contribution in [0.2, 0.25) is 0 Å². The van der Waals surface area contributed by atoms with Crippen LogP contribution in [0.1, 0.15) is 136 Å². The molecular weight excluding hydrogens is 364 g/mol. The summed E-state index contributed by atoms with van der Waals surface area (Å²) in [7, 11) is 0. The number of hydrogen-bond acceptors (Lipinski definition) is 2. The van der Waals surface area contributed by atoms with Crippen LogP contribution in [0.4, 0.5) is 0 Å². The number of aliphatic carboxylic acids is 2. The summed E-state index contributed by atoms with van der Waals surface area (Å²) in [5.41, 5.74) is -0.508. The Balaban J connectivity index is 3.99. The van der Waals surface area contributed by atoms with E-state index in [4.69, 9.17) is 5.11 Å². The van der Waals surface area contributed by atoms with Gasteiger partial charge >= 0.3 is 11.9 Å². The third-order valence-corrected chi connectivity index (χ3v) is 6.30. The van der Waals surface area contributed by atoms with E-state index in [1.165, 1.54) is 38.5 Å². The highest BCUT2D eigenvalue weighted by atomic mass is 16.4. The van der Waals surface area contributed by atoms with Crippen LogP contribution >= 0.6 is 0 Å². The van der Waals surface area contributed by atoms with E-state index >= 15 is 0 Å². The molecule has 0 aliphatic rings. The Hall–Kier alpha value is -1.06. The predicted molar refractivity (Wildman–Crippen MR) is 121 cm³/mol. The Morgan fingerprint density at radius 1 is 0.724 bits per heavy atom. The molecule has 0 heterocycles. The molecule has 2 N–H and O–H groups in total. The van der Waals surface area contributed by atoms with Crippen LogP contribution in [0.15, 0.2) is 0 Å². The topological polar surface area (TPSA) is 74.6 Å². The van der Waals surface area contributed by atoms with Crippen molar-refractivity contribution in [2.75, 3.05) is 0 Å². The minimum atomic E-state index is -0.685. The molecule has 172 valence electrons. The molecule has 0 aliphatic carbocycles. The molecule has 0 spiro atoms. The van der Waals surface area contributed by atoms with Crippen molar-refractivity contribution >= 4 is 11.9 Å². The molecule has 0 amide bonds. The molecule has 1 unspecified atom stereocenters. The summed E-state index contributed by atoms with van der Waals surface area (Å²) < 4.78 is 0. The van der Waals surface area contributed by atoms with Gasteiger partial charge in [-0.05, 0) is 31.6 Å². The van der Waals surface area contributed by atoms with Gasteiger partial charge in [-0.15, -0.1) is 0 Å². The fourth-order valence-corrected chi connectivity index (χ4v) is 4.44. The summed E-state index contributed by atoms with van der Waals surface area (Å²) >= 11 is 0. The van der Waals surface area contributed by atoms with Crippen LogP contribution in [0.5, 0.6) is 0 Å². The van der Waals surface area contributed by atoms with Gasteiger partial charge in [-0.2, -0.15) is 0 Å². The maximum atomic E-state index is 12.1. The normalized spacial score (nSPS) is 12.8. The maximum Gasteiger partial charge on any atom is 0.309 e. The third-order valence-electron chi connectivity index (χ3n) is 6.30. The zero-order valence-electron chi connectivity index (χ0n) is 19.5. The van der Waals surface area contributed by atoms with Crippen LogP contribution in [0.25, 0.3) is 0 Å². The molecule has 29 heavy (non-hydrogen) atoms. The third kappa shape index (κ3) is 14.5. The lowest BCUT2D eigenvalue weighted by molar-refractivity contribution is -0.151. The van der Waals surface area contributed by atoms with E-state index in [0.717, 1.165) is 70.6 Å². The van der Waals surface area contributed by atoms with Crippen molar-refractivity contribution < 1.29 is 19.8 Å². The lowest BCUT2D eigenvalue weighted by Gasteiger charge is -2.32. The molecule has 0 saturated carbocycles. The van der Waals surface area contributed by atoms with Crippen molar-refractivity contribution in [2.24, 2.45) is 11.3 Å². The highest BCUT2D eigenvalue weighted by molar-refractivity contribution is 5.74. The highest BCUT2D eigenvalue weighted by Crippen LogP contribution is 2.39. The smallest absolute Gasteiger partial charge is 0.309 e. The Morgan fingerprint density at radius 3 is 1.59 bits per heavy atom. The highest BCUT2D eigenvalue weighted by Gasteiger charge is 2.38. The summed E-state index contributed by atoms with van der Waals surface area (Å²) in [4.78, 5) is 22.6. The van der Waals surface area contributed by atoms with Crippen molar-refractivity contribution in [3.63, 3.8) is 0 Å². The zero-order chi connectivity index (χ0) is 22.0. The summed E-state index contributed by atoms with van der Waals surface area (Å²) in [5.74, 6) is -0.779. The van der Waals surface area contributed by atoms with E-state index in [-0.39, 0.29) is 0 Å². The first-order valence-corrected chi connectivity index (χ1v) is 12.3. The Morgan fingerprint density at radius 2 is 1.17 bits per heavy atom. The van der Waals surface area contributed by atoms with E-state index in [1.807, 2.05) is 0 Å². The lowest BCUT2D eigenvalue weighted by atomic mass is 9.71. The van der Waals surface area contributed by atoms with Gasteiger partial charge in [0.15, 0.2) is 0 Å². The summed E-state index contributed by atoms with van der Waals surface area (Å²) in [6, 6.07) is 0. The first-order chi connectivity index (χ1) is 13.9. The summed E-state index contributed by atoms with van der Waals surface area (Å²) in [6.45, 7) is 6.53. The van der Waals surface area contributed by atoms with Gasteiger partial charge in [0.25, 0.3) is 0 Å². The minimum absolute atomic E-state index is 0.304. The van der Waals surface area contributed by atoms with Gasteiger partial charge in [0.05, 0.1) is 5.41 Å². The van der Waals surface area contributed by atoms with E-state index in [9.17, 15) is 14.7 Å². The quantitative estimate of drug-likeness (QED) is 0.188. The van der Waals surface area contributed by atoms with Crippen LogP contribution in [-0.2, 0) is 9.59 Å². The minimum Gasteiger partial charge on any atom is -0.481 e. The molecule has 0 fully saturated rings. The zero-order valence-corrected chi connectivity index (χ0v) is 19.5. The van der Waals surface area contributed by atoms with Gasteiger partial charge in [-0.1, -0.05) is 104 Å². The van der Waals surface area contributed by atoms with Crippen LogP contribution in [0.3, 0.4) is 0 Å². The standard InChI is InChI=1S/C25H48O4/c1-4-6-19-25(24(28)29,20-7-5-2)21-22(3)17-15-13-11-9-8-10-12-14-16-18-23(26)27/h22H,4-21H2,1-3H3,(H,26,27)(H,28,29). The van der Waals surface area contributed by atoms with Crippen LogP contribution < -0.4 is 0 Å². The number of carboxylic acids is 2. The number of hydrogen-bond donors (Lipinski definition) is 2. The number of unbranched alkanes of at least 4 members (excludes halogenated alkanes) is 10. The largest absolute Gasteiger partial charge is 0.481 e. The first kappa shape index (κ1) is 27.9. The SMILES string of the molecule is CCCCC(CCCC)(CC(C)CCCCCCCCCCCC(=O)O)C(=O)O. The van der Waals surface area contributed by atoms with Crippen LogP contribution in [0, 0.1) is 11.3 Å². The second-order valence-corrected chi connectivity index (χ2v) is 9.22. The Kier molecular flexibility index (Phi) is 17.1. The number of carboxylic acid groups (broad SMARTS) is 2. The molecular formula is C25H48O4. The van der Waals surface area contributed by atoms with Crippen molar-refractivity contribution in [3.8, 4) is 0 Å². The van der Waals surface area contributed by atoms with Crippen LogP contribution in [-0.4, -0.2) is 22.2 Å². The van der Waals surface area contributed by atoms with Gasteiger partial charge in [-0.25, -0.2) is 0 Å². The van der Waals surface area contributed by atoms with Crippen molar-refractivity contribution in [1.29, 1.82) is 0 Å². The van der Waals surface area contributed by atoms with Gasteiger partial charge < -0.3 is 10.2 Å². The fraction of sp³-hybridized carbons (Fsp3) is 0.920. The predicted octanol–water partition coefficient (Wildman–Crippen LogP) is 7.84. The molecule has 0 aromatic heterocycles.